The van der Waals surface area contributed by atoms with Crippen LogP contribution in [-0.4, -0.2) is 98.3 Å². The highest BCUT2D eigenvalue weighted by Crippen LogP contribution is 2.47. The van der Waals surface area contributed by atoms with Crippen molar-refractivity contribution in [1.82, 2.24) is 0 Å². The van der Waals surface area contributed by atoms with Gasteiger partial charge in [-0.15, -0.1) is 0 Å². The van der Waals surface area contributed by atoms with Gasteiger partial charge >= 0.3 is 19.8 Å². The number of hydrogen-bond acceptors (Lipinski definition) is 12. The van der Waals surface area contributed by atoms with Crippen molar-refractivity contribution >= 4 is 19.8 Å². The van der Waals surface area contributed by atoms with Gasteiger partial charge in [0.05, 0.1) is 6.61 Å². The second-order valence-electron chi connectivity index (χ2n) is 17.0. The first-order chi connectivity index (χ1) is 29.4. The van der Waals surface area contributed by atoms with Crippen LogP contribution in [0.15, 0.2) is 24.3 Å². The molecule has 6 N–H and O–H groups in total. The Kier molecular flexibility index (Phi) is 35.4. The number of carbonyl (C=O) groups is 2. The van der Waals surface area contributed by atoms with E-state index in [0.29, 0.717) is 12.8 Å². The molecule has 0 amide bonds. The first kappa shape index (κ1) is 57.3. The van der Waals surface area contributed by atoms with Crippen LogP contribution in [0.25, 0.3) is 0 Å². The summed E-state index contributed by atoms with van der Waals surface area (Å²) >= 11 is 0. The molecule has 1 aliphatic rings. The van der Waals surface area contributed by atoms with Crippen LogP contribution in [0.1, 0.15) is 206 Å². The Bertz CT molecular complexity index is 1170. The second kappa shape index (κ2) is 37.7. The van der Waals surface area contributed by atoms with Crippen LogP contribution in [0.5, 0.6) is 0 Å². The maximum atomic E-state index is 12.8. The SMILES string of the molecule is CCCCCCC=CCCCCCCCCCC(=O)O[C@H](COC(=O)CCCCCCCCCC=CCCCCCCCC)COP(=O)(O)OC1C(O)C(O)C(O)[C@@H](O)C1O. The lowest BCUT2D eigenvalue weighted by Crippen LogP contribution is -2.64. The first-order valence-corrected chi connectivity index (χ1v) is 25.6. The summed E-state index contributed by atoms with van der Waals surface area (Å²) in [5.74, 6) is -1.10. The van der Waals surface area contributed by atoms with Crippen LogP contribution in [0.2, 0.25) is 0 Å². The number of rotatable bonds is 40. The monoisotopic (exact) mass is 891 g/mol. The molecule has 6 unspecified atom stereocenters. The fourth-order valence-electron chi connectivity index (χ4n) is 7.34. The Morgan fingerprint density at radius 2 is 0.836 bits per heavy atom. The maximum absolute atomic E-state index is 12.8. The van der Waals surface area contributed by atoms with Crippen molar-refractivity contribution in [3.63, 3.8) is 0 Å². The third-order valence-electron chi connectivity index (χ3n) is 11.3. The number of phosphoric ester groups is 1. The predicted molar refractivity (Wildman–Crippen MR) is 240 cm³/mol. The summed E-state index contributed by atoms with van der Waals surface area (Å²) in [5.41, 5.74) is 0. The van der Waals surface area contributed by atoms with E-state index in [1.807, 2.05) is 0 Å². The van der Waals surface area contributed by atoms with Gasteiger partial charge < -0.3 is 39.9 Å². The van der Waals surface area contributed by atoms with Crippen LogP contribution in [0, 0.1) is 0 Å². The highest BCUT2D eigenvalue weighted by Gasteiger charge is 2.51. The van der Waals surface area contributed by atoms with E-state index in [1.54, 1.807) is 0 Å². The van der Waals surface area contributed by atoms with E-state index >= 15 is 0 Å². The fourth-order valence-corrected chi connectivity index (χ4v) is 8.31. The normalized spacial score (nSPS) is 22.2. The number of unbranched alkanes of at least 4 members (excludes halogenated alkanes) is 24. The lowest BCUT2D eigenvalue weighted by Gasteiger charge is -2.41. The van der Waals surface area contributed by atoms with Crippen molar-refractivity contribution in [2.45, 2.75) is 249 Å². The molecule has 61 heavy (non-hydrogen) atoms. The summed E-state index contributed by atoms with van der Waals surface area (Å²) in [5, 5.41) is 50.2. The molecule has 0 aromatic heterocycles. The molecule has 0 spiro atoms. The summed E-state index contributed by atoms with van der Waals surface area (Å²) in [6, 6.07) is 0. The van der Waals surface area contributed by atoms with Gasteiger partial charge in [0.1, 0.15) is 43.2 Å². The van der Waals surface area contributed by atoms with Crippen LogP contribution in [0.4, 0.5) is 0 Å². The Hall–Kier alpha value is -1.67. The van der Waals surface area contributed by atoms with Crippen molar-refractivity contribution in [3.8, 4) is 0 Å². The van der Waals surface area contributed by atoms with Gasteiger partial charge in [0.25, 0.3) is 0 Å². The molecule has 0 bridgehead atoms. The smallest absolute Gasteiger partial charge is 0.462 e. The number of allylic oxidation sites excluding steroid dienone is 4. The number of carbonyl (C=O) groups excluding carboxylic acids is 2. The van der Waals surface area contributed by atoms with Crippen molar-refractivity contribution in [1.29, 1.82) is 0 Å². The molecule has 1 fully saturated rings. The molecule has 1 rings (SSSR count). The molecule has 0 heterocycles. The topological polar surface area (TPSA) is 210 Å². The number of aliphatic hydroxyl groups is 5. The zero-order valence-electron chi connectivity index (χ0n) is 38.0. The number of ether oxygens (including phenoxy) is 2. The number of aliphatic hydroxyl groups excluding tert-OH is 5. The molecule has 1 saturated carbocycles. The second-order valence-corrected chi connectivity index (χ2v) is 18.4. The highest BCUT2D eigenvalue weighted by molar-refractivity contribution is 7.47. The van der Waals surface area contributed by atoms with E-state index in [4.69, 9.17) is 18.5 Å². The van der Waals surface area contributed by atoms with E-state index in [-0.39, 0.29) is 12.8 Å². The van der Waals surface area contributed by atoms with E-state index in [1.165, 1.54) is 96.3 Å². The van der Waals surface area contributed by atoms with Gasteiger partial charge in [0, 0.05) is 12.8 Å². The number of esters is 2. The van der Waals surface area contributed by atoms with Gasteiger partial charge in [-0.1, -0.05) is 154 Å². The molecule has 13 nitrogen and oxygen atoms in total. The fraction of sp³-hybridized carbons (Fsp3) is 0.872. The van der Waals surface area contributed by atoms with Crippen molar-refractivity contribution in [3.05, 3.63) is 24.3 Å². The van der Waals surface area contributed by atoms with Gasteiger partial charge in [-0.3, -0.25) is 18.6 Å². The summed E-state index contributed by atoms with van der Waals surface area (Å²) in [7, 11) is -5.12. The molecule has 14 heteroatoms. The molecule has 0 saturated heterocycles. The third kappa shape index (κ3) is 30.2. The maximum Gasteiger partial charge on any atom is 0.472 e. The van der Waals surface area contributed by atoms with Crippen LogP contribution < -0.4 is 0 Å². The van der Waals surface area contributed by atoms with Crippen molar-refractivity contribution in [2.75, 3.05) is 13.2 Å². The van der Waals surface area contributed by atoms with Crippen molar-refractivity contribution < 1.29 is 63.1 Å². The minimum atomic E-state index is -5.12. The summed E-state index contributed by atoms with van der Waals surface area (Å²) in [4.78, 5) is 35.7. The van der Waals surface area contributed by atoms with Crippen LogP contribution >= 0.6 is 7.82 Å². The molecule has 0 aliphatic heterocycles. The van der Waals surface area contributed by atoms with Gasteiger partial charge in [-0.05, 0) is 64.2 Å². The van der Waals surface area contributed by atoms with E-state index in [0.717, 1.165) is 70.6 Å². The molecule has 358 valence electrons. The Labute approximate surface area is 368 Å². The van der Waals surface area contributed by atoms with E-state index < -0.39 is 75.7 Å². The molecular weight excluding hydrogens is 803 g/mol. The average Bonchev–Trinajstić information content (AvgIpc) is 3.24. The van der Waals surface area contributed by atoms with Crippen LogP contribution in [-0.2, 0) is 32.7 Å². The minimum Gasteiger partial charge on any atom is -0.462 e. The minimum absolute atomic E-state index is 0.0926. The lowest BCUT2D eigenvalue weighted by molar-refractivity contribution is -0.220. The molecule has 8 atom stereocenters. The zero-order chi connectivity index (χ0) is 45.0. The number of phosphoric acid groups is 1. The first-order valence-electron chi connectivity index (χ1n) is 24.1. The van der Waals surface area contributed by atoms with Gasteiger partial charge in [0.15, 0.2) is 6.10 Å². The zero-order valence-corrected chi connectivity index (χ0v) is 38.9. The summed E-state index contributed by atoms with van der Waals surface area (Å²) < 4.78 is 33.6. The van der Waals surface area contributed by atoms with Crippen LogP contribution in [0.3, 0.4) is 0 Å². The average molecular weight is 891 g/mol. The highest BCUT2D eigenvalue weighted by atomic mass is 31.2. The largest absolute Gasteiger partial charge is 0.472 e. The predicted octanol–water partition coefficient (Wildman–Crippen LogP) is 9.62. The number of hydrogen-bond donors (Lipinski definition) is 6. The molecule has 0 aromatic carbocycles. The Morgan fingerprint density at radius 1 is 0.492 bits per heavy atom. The molecule has 1 aliphatic carbocycles. The summed E-state index contributed by atoms with van der Waals surface area (Å²) in [6.45, 7) is 3.29. The Balaban J connectivity index is 2.44. The molecular formula is C47H87O13P. The Morgan fingerprint density at radius 3 is 1.26 bits per heavy atom. The quantitative estimate of drug-likeness (QED) is 0.0147. The van der Waals surface area contributed by atoms with Gasteiger partial charge in [-0.2, -0.15) is 0 Å². The third-order valence-corrected chi connectivity index (χ3v) is 12.3. The van der Waals surface area contributed by atoms with Crippen molar-refractivity contribution in [2.24, 2.45) is 0 Å². The lowest BCUT2D eigenvalue weighted by atomic mass is 9.85. The van der Waals surface area contributed by atoms with Gasteiger partial charge in [0.2, 0.25) is 0 Å². The molecule has 0 aromatic rings. The molecule has 0 radical (unpaired) electrons. The van der Waals surface area contributed by atoms with E-state index in [9.17, 15) is 44.6 Å². The summed E-state index contributed by atoms with van der Waals surface area (Å²) in [6.07, 6.45) is 28.0. The van der Waals surface area contributed by atoms with E-state index in [2.05, 4.69) is 38.2 Å². The standard InChI is InChI=1S/C47H87O13P/c1-3-5-7-9-11-13-15-17-19-20-22-23-25-27-29-31-33-35-40(48)57-37-39(38-58-61(55,56)60-47-45(53)43(51)42(50)44(52)46(47)54)59-41(49)36-34-32-30-28-26-24-21-18-16-14-12-10-8-6-4-2/h14,16-17,19,39,42-47,50-54H,3-13,15,18,20-38H2,1-2H3,(H,55,56)/t39-,42?,43-,44?,45?,46?,47?/m1/s1. The van der Waals surface area contributed by atoms with Gasteiger partial charge in [-0.25, -0.2) is 4.57 Å².